The highest BCUT2D eigenvalue weighted by Crippen LogP contribution is 2.29. The van der Waals surface area contributed by atoms with E-state index in [1.807, 2.05) is 0 Å². The quantitative estimate of drug-likeness (QED) is 0.387. The number of hydrogen-bond donors (Lipinski definition) is 5. The number of aliphatic hydroxyl groups is 2. The van der Waals surface area contributed by atoms with E-state index in [1.54, 1.807) is 4.98 Å². The average molecular weight is 305 g/mol. The third kappa shape index (κ3) is 2.58. The SMILES string of the molecule is N[C@@H](C(=O)O)C1OC(n2cc(F)c(=O)[nH]c2=O)C(O)C1O. The third-order valence-corrected chi connectivity index (χ3v) is 3.11. The van der Waals surface area contributed by atoms with Crippen molar-refractivity contribution in [3.05, 3.63) is 32.9 Å². The van der Waals surface area contributed by atoms with E-state index >= 15 is 0 Å². The van der Waals surface area contributed by atoms with E-state index in [4.69, 9.17) is 15.6 Å². The van der Waals surface area contributed by atoms with Crippen LogP contribution in [0, 0.1) is 5.82 Å². The molecule has 0 bridgehead atoms. The largest absolute Gasteiger partial charge is 0.480 e. The average Bonchev–Trinajstić information content (AvgIpc) is 2.70. The van der Waals surface area contributed by atoms with E-state index in [2.05, 4.69) is 0 Å². The van der Waals surface area contributed by atoms with Gasteiger partial charge in [-0.1, -0.05) is 0 Å². The molecular formula is C10H12FN3O7. The van der Waals surface area contributed by atoms with Crippen LogP contribution < -0.4 is 17.0 Å². The first-order valence-electron chi connectivity index (χ1n) is 5.75. The fraction of sp³-hybridized carbons (Fsp3) is 0.500. The maximum atomic E-state index is 13.2. The Bertz CT molecular complexity index is 671. The predicted molar refractivity (Wildman–Crippen MR) is 62.8 cm³/mol. The minimum Gasteiger partial charge on any atom is -0.480 e. The van der Waals surface area contributed by atoms with Crippen molar-refractivity contribution in [2.24, 2.45) is 5.73 Å². The number of H-pyrrole nitrogens is 1. The Hall–Kier alpha value is -2.08. The molecule has 5 atom stereocenters. The number of aliphatic hydroxyl groups excluding tert-OH is 2. The van der Waals surface area contributed by atoms with Crippen LogP contribution in [0.5, 0.6) is 0 Å². The summed E-state index contributed by atoms with van der Waals surface area (Å²) < 4.78 is 18.7. The zero-order valence-corrected chi connectivity index (χ0v) is 10.3. The Morgan fingerprint density at radius 2 is 2.05 bits per heavy atom. The Morgan fingerprint density at radius 3 is 2.62 bits per heavy atom. The Balaban J connectivity index is 2.38. The van der Waals surface area contributed by atoms with Gasteiger partial charge in [-0.05, 0) is 0 Å². The highest BCUT2D eigenvalue weighted by molar-refractivity contribution is 5.74. The molecule has 1 saturated heterocycles. The summed E-state index contributed by atoms with van der Waals surface area (Å²) in [6, 6.07) is -1.66. The fourth-order valence-corrected chi connectivity index (χ4v) is 2.00. The van der Waals surface area contributed by atoms with Crippen LogP contribution in [-0.4, -0.2) is 55.2 Å². The van der Waals surface area contributed by atoms with Gasteiger partial charge in [0.15, 0.2) is 6.23 Å². The predicted octanol–water partition coefficient (Wildman–Crippen LogP) is -3.29. The first-order valence-corrected chi connectivity index (χ1v) is 5.75. The highest BCUT2D eigenvalue weighted by Gasteiger charge is 2.48. The van der Waals surface area contributed by atoms with Crippen molar-refractivity contribution in [1.82, 2.24) is 9.55 Å². The summed E-state index contributed by atoms with van der Waals surface area (Å²) in [7, 11) is 0. The molecule has 0 amide bonds. The molecule has 2 heterocycles. The molecule has 0 aliphatic carbocycles. The van der Waals surface area contributed by atoms with Crippen LogP contribution in [0.1, 0.15) is 6.23 Å². The molecule has 1 fully saturated rings. The van der Waals surface area contributed by atoms with Crippen LogP contribution in [-0.2, 0) is 9.53 Å². The Labute approximate surface area is 115 Å². The molecule has 1 aliphatic heterocycles. The van der Waals surface area contributed by atoms with Crippen molar-refractivity contribution in [3.8, 4) is 0 Å². The number of ether oxygens (including phenoxy) is 1. The number of aliphatic carboxylic acids is 1. The van der Waals surface area contributed by atoms with Crippen LogP contribution in [0.4, 0.5) is 4.39 Å². The molecule has 21 heavy (non-hydrogen) atoms. The van der Waals surface area contributed by atoms with Crippen molar-refractivity contribution in [2.75, 3.05) is 0 Å². The number of carboxylic acid groups (broad SMARTS) is 1. The number of halogens is 1. The minimum absolute atomic E-state index is 0.483. The molecule has 1 aromatic heterocycles. The maximum Gasteiger partial charge on any atom is 0.330 e. The molecule has 116 valence electrons. The van der Waals surface area contributed by atoms with Crippen LogP contribution >= 0.6 is 0 Å². The summed E-state index contributed by atoms with van der Waals surface area (Å²) in [5, 5.41) is 28.3. The fourth-order valence-electron chi connectivity index (χ4n) is 2.00. The van der Waals surface area contributed by atoms with E-state index in [0.29, 0.717) is 10.8 Å². The number of nitrogens with two attached hydrogens (primary N) is 1. The zero-order valence-electron chi connectivity index (χ0n) is 10.3. The van der Waals surface area contributed by atoms with E-state index in [1.165, 1.54) is 0 Å². The van der Waals surface area contributed by atoms with Crippen LogP contribution in [0.3, 0.4) is 0 Å². The molecule has 0 saturated carbocycles. The van der Waals surface area contributed by atoms with Gasteiger partial charge in [0.25, 0.3) is 5.56 Å². The topological polar surface area (TPSA) is 168 Å². The van der Waals surface area contributed by atoms with Crippen LogP contribution in [0.15, 0.2) is 15.8 Å². The molecule has 11 heteroatoms. The van der Waals surface area contributed by atoms with Crippen LogP contribution in [0.25, 0.3) is 0 Å². The van der Waals surface area contributed by atoms with E-state index in [0.717, 1.165) is 0 Å². The number of hydrogen-bond acceptors (Lipinski definition) is 7. The van der Waals surface area contributed by atoms with Gasteiger partial charge in [0.1, 0.15) is 24.4 Å². The lowest BCUT2D eigenvalue weighted by Crippen LogP contribution is -2.48. The molecule has 4 unspecified atom stereocenters. The number of carbonyl (C=O) groups is 1. The summed E-state index contributed by atoms with van der Waals surface area (Å²) in [6.07, 6.45) is -6.05. The van der Waals surface area contributed by atoms with Gasteiger partial charge in [-0.15, -0.1) is 0 Å². The highest BCUT2D eigenvalue weighted by atomic mass is 19.1. The van der Waals surface area contributed by atoms with Gasteiger partial charge in [0.2, 0.25) is 5.82 Å². The lowest BCUT2D eigenvalue weighted by Gasteiger charge is -2.18. The van der Waals surface area contributed by atoms with Gasteiger partial charge in [0.05, 0.1) is 6.20 Å². The summed E-state index contributed by atoms with van der Waals surface area (Å²) in [5.41, 5.74) is 2.94. The molecule has 10 nitrogen and oxygen atoms in total. The number of rotatable bonds is 3. The molecule has 0 radical (unpaired) electrons. The van der Waals surface area contributed by atoms with Crippen molar-refractivity contribution < 1.29 is 29.2 Å². The second-order valence-corrected chi connectivity index (χ2v) is 4.48. The Morgan fingerprint density at radius 1 is 1.43 bits per heavy atom. The van der Waals surface area contributed by atoms with Crippen molar-refractivity contribution in [2.45, 2.75) is 30.6 Å². The molecule has 0 spiro atoms. The number of aromatic nitrogens is 2. The van der Waals surface area contributed by atoms with Crippen molar-refractivity contribution >= 4 is 5.97 Å². The second-order valence-electron chi connectivity index (χ2n) is 4.48. The van der Waals surface area contributed by atoms with Crippen molar-refractivity contribution in [1.29, 1.82) is 0 Å². The van der Waals surface area contributed by atoms with Gasteiger partial charge in [0, 0.05) is 0 Å². The number of aromatic amines is 1. The number of carboxylic acids is 1. The number of nitrogens with zero attached hydrogens (tertiary/aromatic N) is 1. The molecule has 0 aromatic carbocycles. The monoisotopic (exact) mass is 305 g/mol. The van der Waals surface area contributed by atoms with Gasteiger partial charge in [-0.2, -0.15) is 4.39 Å². The molecular weight excluding hydrogens is 293 g/mol. The van der Waals surface area contributed by atoms with Gasteiger partial charge in [-0.3, -0.25) is 19.1 Å². The summed E-state index contributed by atoms with van der Waals surface area (Å²) >= 11 is 0. The second kappa shape index (κ2) is 5.37. The first kappa shape index (κ1) is 15.3. The normalized spacial score (nSPS) is 30.3. The lowest BCUT2D eigenvalue weighted by atomic mass is 10.0. The molecule has 6 N–H and O–H groups in total. The number of nitrogens with one attached hydrogen (secondary N) is 1. The van der Waals surface area contributed by atoms with Crippen LogP contribution in [0.2, 0.25) is 0 Å². The lowest BCUT2D eigenvalue weighted by molar-refractivity contribution is -0.144. The van der Waals surface area contributed by atoms with E-state index in [9.17, 15) is 29.0 Å². The minimum atomic E-state index is -1.73. The van der Waals surface area contributed by atoms with Gasteiger partial charge in [-0.25, -0.2) is 4.79 Å². The van der Waals surface area contributed by atoms with Gasteiger partial charge >= 0.3 is 11.7 Å². The summed E-state index contributed by atoms with van der Waals surface area (Å²) in [4.78, 5) is 34.9. The Kier molecular flexibility index (Phi) is 3.91. The first-order chi connectivity index (χ1) is 9.73. The van der Waals surface area contributed by atoms with Gasteiger partial charge < -0.3 is 25.8 Å². The molecule has 2 rings (SSSR count). The summed E-state index contributed by atoms with van der Waals surface area (Å²) in [6.45, 7) is 0. The molecule has 1 aromatic rings. The third-order valence-electron chi connectivity index (χ3n) is 3.11. The van der Waals surface area contributed by atoms with E-state index < -0.39 is 53.6 Å². The zero-order chi connectivity index (χ0) is 15.9. The van der Waals surface area contributed by atoms with E-state index in [-0.39, 0.29) is 0 Å². The smallest absolute Gasteiger partial charge is 0.330 e. The maximum absolute atomic E-state index is 13.2. The standard InChI is InChI=1S/C10H12FN3O7/c11-2-1-14(10(20)13-7(2)17)8-5(16)4(15)6(21-8)3(12)9(18)19/h1,3-6,8,15-16H,12H2,(H,18,19)(H,13,17,20)/t3-,4?,5?,6?,8?/m1/s1. The summed E-state index contributed by atoms with van der Waals surface area (Å²) in [5.74, 6) is -2.81. The molecule has 1 aliphatic rings. The van der Waals surface area contributed by atoms with Crippen molar-refractivity contribution in [3.63, 3.8) is 0 Å².